The van der Waals surface area contributed by atoms with Gasteiger partial charge in [0, 0.05) is 19.1 Å². The normalized spacial score (nSPS) is 26.1. The van der Waals surface area contributed by atoms with Crippen molar-refractivity contribution in [3.05, 3.63) is 0 Å². The monoisotopic (exact) mass is 213 g/mol. The lowest BCUT2D eigenvalue weighted by molar-refractivity contribution is -0.134. The van der Waals surface area contributed by atoms with Crippen LogP contribution in [-0.2, 0) is 4.79 Å². The molecule has 1 unspecified atom stereocenters. The van der Waals surface area contributed by atoms with Gasteiger partial charge in [-0.05, 0) is 33.4 Å². The molecule has 0 radical (unpaired) electrons. The minimum atomic E-state index is -0.323. The molecule has 15 heavy (non-hydrogen) atoms. The van der Waals surface area contributed by atoms with E-state index in [1.807, 2.05) is 11.8 Å². The maximum Gasteiger partial charge on any atom is 0.239 e. The Morgan fingerprint density at radius 3 is 2.80 bits per heavy atom. The van der Waals surface area contributed by atoms with Crippen LogP contribution in [0.1, 0.15) is 26.7 Å². The number of carbonyl (C=O) groups is 1. The number of amides is 1. The molecule has 1 heterocycles. The van der Waals surface area contributed by atoms with E-state index in [2.05, 4.69) is 18.9 Å². The van der Waals surface area contributed by atoms with E-state index < -0.39 is 0 Å². The molecule has 0 saturated carbocycles. The fourth-order valence-electron chi connectivity index (χ4n) is 2.09. The molecule has 0 aromatic heterocycles. The van der Waals surface area contributed by atoms with Crippen LogP contribution in [0, 0.1) is 0 Å². The third kappa shape index (κ3) is 3.18. The van der Waals surface area contributed by atoms with Gasteiger partial charge in [-0.2, -0.15) is 0 Å². The quantitative estimate of drug-likeness (QED) is 0.716. The van der Waals surface area contributed by atoms with Gasteiger partial charge in [-0.15, -0.1) is 0 Å². The molecule has 1 aliphatic heterocycles. The van der Waals surface area contributed by atoms with Gasteiger partial charge in [0.2, 0.25) is 5.91 Å². The summed E-state index contributed by atoms with van der Waals surface area (Å²) in [5.41, 5.74) is 5.79. The second-order valence-corrected chi connectivity index (χ2v) is 4.51. The number of likely N-dealkylation sites (N-methyl/N-ethyl adjacent to an activating group) is 1. The Kier molecular flexibility index (Phi) is 4.54. The summed E-state index contributed by atoms with van der Waals surface area (Å²) in [5.74, 6) is 0.111. The van der Waals surface area contributed by atoms with E-state index in [0.717, 1.165) is 32.5 Å². The van der Waals surface area contributed by atoms with Crippen LogP contribution in [0.2, 0.25) is 0 Å². The summed E-state index contributed by atoms with van der Waals surface area (Å²) in [7, 11) is 2.10. The average molecular weight is 213 g/mol. The Morgan fingerprint density at radius 1 is 1.53 bits per heavy atom. The zero-order valence-electron chi connectivity index (χ0n) is 10.1. The second-order valence-electron chi connectivity index (χ2n) is 4.51. The van der Waals surface area contributed by atoms with Crippen LogP contribution < -0.4 is 5.73 Å². The molecule has 1 rings (SSSR count). The number of hydrogen-bond acceptors (Lipinski definition) is 3. The molecule has 1 aliphatic rings. The molecule has 0 bridgehead atoms. The fourth-order valence-corrected chi connectivity index (χ4v) is 2.09. The topological polar surface area (TPSA) is 49.6 Å². The highest BCUT2D eigenvalue weighted by Crippen LogP contribution is 2.10. The van der Waals surface area contributed by atoms with Crippen molar-refractivity contribution in [2.45, 2.75) is 38.8 Å². The van der Waals surface area contributed by atoms with Crippen LogP contribution >= 0.6 is 0 Å². The van der Waals surface area contributed by atoms with Gasteiger partial charge in [0.05, 0.1) is 6.04 Å². The molecule has 0 aliphatic carbocycles. The molecule has 0 spiro atoms. The molecule has 88 valence electrons. The lowest BCUT2D eigenvalue weighted by atomic mass is 10.1. The van der Waals surface area contributed by atoms with Crippen LogP contribution in [0.5, 0.6) is 0 Å². The van der Waals surface area contributed by atoms with E-state index in [4.69, 9.17) is 5.73 Å². The third-order valence-corrected chi connectivity index (χ3v) is 3.09. The predicted molar refractivity (Wildman–Crippen MR) is 61.6 cm³/mol. The molecule has 1 saturated heterocycles. The van der Waals surface area contributed by atoms with Crippen molar-refractivity contribution in [1.82, 2.24) is 9.80 Å². The van der Waals surface area contributed by atoms with Gasteiger partial charge in [0.15, 0.2) is 0 Å². The summed E-state index contributed by atoms with van der Waals surface area (Å²) in [5, 5.41) is 0. The smallest absolute Gasteiger partial charge is 0.239 e. The molecular formula is C11H23N3O. The first-order valence-corrected chi connectivity index (χ1v) is 5.80. The van der Waals surface area contributed by atoms with E-state index in [-0.39, 0.29) is 18.0 Å². The van der Waals surface area contributed by atoms with Gasteiger partial charge in [-0.25, -0.2) is 0 Å². The molecule has 0 aromatic carbocycles. The highest BCUT2D eigenvalue weighted by molar-refractivity contribution is 5.81. The minimum Gasteiger partial charge on any atom is -0.337 e. The van der Waals surface area contributed by atoms with Crippen LogP contribution in [0.4, 0.5) is 0 Å². The molecule has 2 atom stereocenters. The second kappa shape index (κ2) is 5.47. The molecular weight excluding hydrogens is 190 g/mol. The zero-order valence-corrected chi connectivity index (χ0v) is 10.1. The summed E-state index contributed by atoms with van der Waals surface area (Å²) in [6.07, 6.45) is 1.76. The third-order valence-electron chi connectivity index (χ3n) is 3.09. The molecule has 4 nitrogen and oxygen atoms in total. The Morgan fingerprint density at radius 2 is 2.20 bits per heavy atom. The van der Waals surface area contributed by atoms with Gasteiger partial charge in [-0.3, -0.25) is 4.79 Å². The van der Waals surface area contributed by atoms with Crippen molar-refractivity contribution < 1.29 is 4.79 Å². The van der Waals surface area contributed by atoms with Gasteiger partial charge in [0.25, 0.3) is 0 Å². The number of rotatable bonds is 2. The van der Waals surface area contributed by atoms with Gasteiger partial charge < -0.3 is 15.5 Å². The zero-order chi connectivity index (χ0) is 11.4. The number of nitrogens with two attached hydrogens (primary N) is 1. The van der Waals surface area contributed by atoms with Crippen molar-refractivity contribution in [3.8, 4) is 0 Å². The molecule has 0 aromatic rings. The number of nitrogens with zero attached hydrogens (tertiary/aromatic N) is 2. The number of hydrogen-bond donors (Lipinski definition) is 1. The first-order valence-electron chi connectivity index (χ1n) is 5.80. The first-order chi connectivity index (χ1) is 7.06. The van der Waals surface area contributed by atoms with Gasteiger partial charge in [0.1, 0.15) is 0 Å². The maximum absolute atomic E-state index is 12.0. The van der Waals surface area contributed by atoms with E-state index in [9.17, 15) is 4.79 Å². The lowest BCUT2D eigenvalue weighted by Crippen LogP contribution is -2.49. The van der Waals surface area contributed by atoms with E-state index in [1.54, 1.807) is 0 Å². The molecule has 4 heteroatoms. The Balaban J connectivity index is 2.63. The van der Waals surface area contributed by atoms with Crippen molar-refractivity contribution in [3.63, 3.8) is 0 Å². The molecule has 1 fully saturated rings. The Hall–Kier alpha value is -0.610. The van der Waals surface area contributed by atoms with Crippen molar-refractivity contribution in [2.24, 2.45) is 5.73 Å². The van der Waals surface area contributed by atoms with Crippen molar-refractivity contribution >= 4 is 5.91 Å². The van der Waals surface area contributed by atoms with Crippen molar-refractivity contribution in [1.29, 1.82) is 0 Å². The van der Waals surface area contributed by atoms with Crippen LogP contribution in [0.25, 0.3) is 0 Å². The highest BCUT2D eigenvalue weighted by atomic mass is 16.2. The van der Waals surface area contributed by atoms with Gasteiger partial charge in [-0.1, -0.05) is 6.92 Å². The summed E-state index contributed by atoms with van der Waals surface area (Å²) in [4.78, 5) is 16.2. The van der Waals surface area contributed by atoms with Gasteiger partial charge >= 0.3 is 0 Å². The van der Waals surface area contributed by atoms with Crippen LogP contribution in [0.3, 0.4) is 0 Å². The minimum absolute atomic E-state index is 0.111. The lowest BCUT2D eigenvalue weighted by Gasteiger charge is -2.30. The molecule has 1 amide bonds. The van der Waals surface area contributed by atoms with Crippen molar-refractivity contribution in [2.75, 3.05) is 26.7 Å². The fraction of sp³-hybridized carbons (Fsp3) is 0.909. The summed E-state index contributed by atoms with van der Waals surface area (Å²) < 4.78 is 0. The van der Waals surface area contributed by atoms with E-state index >= 15 is 0 Å². The summed E-state index contributed by atoms with van der Waals surface area (Å²) in [6, 6.07) is -0.0431. The summed E-state index contributed by atoms with van der Waals surface area (Å²) in [6.45, 7) is 6.91. The molecule has 2 N–H and O–H groups in total. The SMILES string of the molecule is CC[C@@H](N)C(=O)N1CCCN(C)CC1C. The Bertz CT molecular complexity index is 220. The van der Waals surface area contributed by atoms with Crippen LogP contribution in [-0.4, -0.2) is 54.5 Å². The summed E-state index contributed by atoms with van der Waals surface area (Å²) >= 11 is 0. The first kappa shape index (κ1) is 12.5. The standard InChI is InChI=1S/C11H23N3O/c1-4-10(12)11(15)14-7-5-6-13(3)8-9(14)2/h9-10H,4-8,12H2,1-3H3/t9?,10-/m1/s1. The van der Waals surface area contributed by atoms with Crippen LogP contribution in [0.15, 0.2) is 0 Å². The Labute approximate surface area is 92.4 Å². The maximum atomic E-state index is 12.0. The van der Waals surface area contributed by atoms with E-state index in [0.29, 0.717) is 0 Å². The number of carbonyl (C=O) groups excluding carboxylic acids is 1. The predicted octanol–water partition coefficient (Wildman–Crippen LogP) is 0.276. The largest absolute Gasteiger partial charge is 0.337 e. The highest BCUT2D eigenvalue weighted by Gasteiger charge is 2.26. The van der Waals surface area contributed by atoms with E-state index in [1.165, 1.54) is 0 Å². The average Bonchev–Trinajstić information content (AvgIpc) is 2.37.